The van der Waals surface area contributed by atoms with Gasteiger partial charge < -0.3 is 0 Å². The van der Waals surface area contributed by atoms with E-state index in [1.807, 2.05) is 7.05 Å². The molecule has 2 heteroatoms. The van der Waals surface area contributed by atoms with Gasteiger partial charge in [0.2, 0.25) is 0 Å². The van der Waals surface area contributed by atoms with Crippen LogP contribution in [0.5, 0.6) is 0 Å². The summed E-state index contributed by atoms with van der Waals surface area (Å²) in [5.74, 6) is 0. The van der Waals surface area contributed by atoms with Crippen molar-refractivity contribution >= 4 is 0 Å². The Morgan fingerprint density at radius 3 is 2.62 bits per heavy atom. The van der Waals surface area contributed by atoms with Gasteiger partial charge in [0.1, 0.15) is 0 Å². The van der Waals surface area contributed by atoms with Gasteiger partial charge in [0, 0.05) is 12.6 Å². The van der Waals surface area contributed by atoms with Crippen molar-refractivity contribution in [3.8, 4) is 0 Å². The molecule has 0 radical (unpaired) electrons. The van der Waals surface area contributed by atoms with Crippen LogP contribution in [0, 0.1) is 0 Å². The molecule has 48 valence electrons. The lowest BCUT2D eigenvalue weighted by Crippen LogP contribution is -2.37. The molecule has 0 aromatic heterocycles. The molecular formula is C6H14N2. The van der Waals surface area contributed by atoms with E-state index in [-0.39, 0.29) is 0 Å². The van der Waals surface area contributed by atoms with Gasteiger partial charge in [0.05, 0.1) is 0 Å². The molecule has 1 unspecified atom stereocenters. The van der Waals surface area contributed by atoms with Crippen LogP contribution in [-0.4, -0.2) is 24.6 Å². The number of rotatable bonds is 1. The van der Waals surface area contributed by atoms with Crippen molar-refractivity contribution < 1.29 is 0 Å². The Kier molecular flexibility index (Phi) is 1.86. The Balaban J connectivity index is 2.30. The molecular weight excluding hydrogens is 100 g/mol. The predicted molar refractivity (Wildman–Crippen MR) is 34.5 cm³/mol. The summed E-state index contributed by atoms with van der Waals surface area (Å²) in [4.78, 5) is 0. The highest BCUT2D eigenvalue weighted by atomic mass is 15.5. The first kappa shape index (κ1) is 6.05. The first-order valence-electron chi connectivity index (χ1n) is 3.28. The Morgan fingerprint density at radius 2 is 2.38 bits per heavy atom. The van der Waals surface area contributed by atoms with E-state index in [2.05, 4.69) is 17.4 Å². The van der Waals surface area contributed by atoms with Gasteiger partial charge in [-0.1, -0.05) is 0 Å². The minimum Gasteiger partial charge on any atom is -0.258 e. The largest absolute Gasteiger partial charge is 0.258 e. The van der Waals surface area contributed by atoms with E-state index in [4.69, 9.17) is 0 Å². The van der Waals surface area contributed by atoms with Crippen LogP contribution in [0.2, 0.25) is 0 Å². The summed E-state index contributed by atoms with van der Waals surface area (Å²) in [6.07, 6.45) is 2.70. The number of hydrazine groups is 1. The Bertz CT molecular complexity index is 72.9. The van der Waals surface area contributed by atoms with Crippen molar-refractivity contribution in [3.63, 3.8) is 0 Å². The number of hydrogen-bond donors (Lipinski definition) is 1. The minimum absolute atomic E-state index is 0.750. The van der Waals surface area contributed by atoms with E-state index in [1.54, 1.807) is 0 Å². The third-order valence-electron chi connectivity index (χ3n) is 1.84. The fourth-order valence-electron chi connectivity index (χ4n) is 1.27. The predicted octanol–water partition coefficient (Wildman–Crippen LogP) is 0.605. The van der Waals surface area contributed by atoms with E-state index < -0.39 is 0 Å². The lowest BCUT2D eigenvalue weighted by molar-refractivity contribution is 0.201. The standard InChI is InChI=1S/C6H14N2/c1-6-4-3-5-8(6)7-2/h6-7H,3-5H2,1-2H3. The third-order valence-corrected chi connectivity index (χ3v) is 1.84. The molecule has 0 bridgehead atoms. The maximum atomic E-state index is 3.15. The van der Waals surface area contributed by atoms with E-state index in [0.29, 0.717) is 0 Å². The molecule has 1 fully saturated rings. The first-order chi connectivity index (χ1) is 3.84. The van der Waals surface area contributed by atoms with E-state index in [0.717, 1.165) is 6.04 Å². The van der Waals surface area contributed by atoms with Crippen LogP contribution in [0.15, 0.2) is 0 Å². The van der Waals surface area contributed by atoms with Crippen LogP contribution in [-0.2, 0) is 0 Å². The molecule has 1 saturated heterocycles. The highest BCUT2D eigenvalue weighted by Crippen LogP contribution is 2.12. The molecule has 0 aromatic carbocycles. The van der Waals surface area contributed by atoms with Crippen LogP contribution in [0.1, 0.15) is 19.8 Å². The van der Waals surface area contributed by atoms with Crippen molar-refractivity contribution in [2.24, 2.45) is 0 Å². The highest BCUT2D eigenvalue weighted by Gasteiger charge is 2.17. The first-order valence-corrected chi connectivity index (χ1v) is 3.28. The number of nitrogens with zero attached hydrogens (tertiary/aromatic N) is 1. The van der Waals surface area contributed by atoms with Crippen molar-refractivity contribution in [2.45, 2.75) is 25.8 Å². The van der Waals surface area contributed by atoms with Crippen molar-refractivity contribution in [1.29, 1.82) is 0 Å². The second-order valence-electron chi connectivity index (χ2n) is 2.41. The fraction of sp³-hybridized carbons (Fsp3) is 1.00. The van der Waals surface area contributed by atoms with E-state index in [1.165, 1.54) is 19.4 Å². The second-order valence-corrected chi connectivity index (χ2v) is 2.41. The summed E-state index contributed by atoms with van der Waals surface area (Å²) in [5.41, 5.74) is 3.15. The van der Waals surface area contributed by atoms with Crippen LogP contribution in [0.25, 0.3) is 0 Å². The third kappa shape index (κ3) is 1.01. The van der Waals surface area contributed by atoms with Gasteiger partial charge in [0.15, 0.2) is 0 Å². The maximum absolute atomic E-state index is 3.15. The topological polar surface area (TPSA) is 15.3 Å². The SMILES string of the molecule is CNN1CCCC1C. The van der Waals surface area contributed by atoms with Crippen LogP contribution < -0.4 is 5.43 Å². The normalized spacial score (nSPS) is 31.5. The average molecular weight is 114 g/mol. The Labute approximate surface area is 50.8 Å². The van der Waals surface area contributed by atoms with E-state index in [9.17, 15) is 0 Å². The molecule has 1 atom stereocenters. The molecule has 2 nitrogen and oxygen atoms in total. The Morgan fingerprint density at radius 1 is 1.62 bits per heavy atom. The van der Waals surface area contributed by atoms with Gasteiger partial charge in [-0.2, -0.15) is 0 Å². The molecule has 0 aliphatic carbocycles. The molecule has 1 aliphatic heterocycles. The van der Waals surface area contributed by atoms with Gasteiger partial charge in [-0.3, -0.25) is 5.43 Å². The zero-order valence-electron chi connectivity index (χ0n) is 5.65. The lowest BCUT2D eigenvalue weighted by atomic mass is 10.3. The molecule has 1 heterocycles. The maximum Gasteiger partial charge on any atom is 0.0215 e. The monoisotopic (exact) mass is 114 g/mol. The summed E-state index contributed by atoms with van der Waals surface area (Å²) in [6, 6.07) is 0.750. The molecule has 0 saturated carbocycles. The molecule has 1 N–H and O–H groups in total. The second kappa shape index (κ2) is 2.46. The summed E-state index contributed by atoms with van der Waals surface area (Å²) >= 11 is 0. The summed E-state index contributed by atoms with van der Waals surface area (Å²) in [6.45, 7) is 3.47. The van der Waals surface area contributed by atoms with Gasteiger partial charge in [-0.25, -0.2) is 5.01 Å². The van der Waals surface area contributed by atoms with Crippen LogP contribution in [0.4, 0.5) is 0 Å². The summed E-state index contributed by atoms with van der Waals surface area (Å²) in [7, 11) is 1.99. The van der Waals surface area contributed by atoms with Crippen LogP contribution in [0.3, 0.4) is 0 Å². The minimum atomic E-state index is 0.750. The van der Waals surface area contributed by atoms with Crippen molar-refractivity contribution in [1.82, 2.24) is 10.4 Å². The van der Waals surface area contributed by atoms with Crippen LogP contribution >= 0.6 is 0 Å². The smallest absolute Gasteiger partial charge is 0.0215 e. The zero-order valence-corrected chi connectivity index (χ0v) is 5.65. The quantitative estimate of drug-likeness (QED) is 0.537. The fourth-order valence-corrected chi connectivity index (χ4v) is 1.27. The highest BCUT2D eigenvalue weighted by molar-refractivity contribution is 4.70. The van der Waals surface area contributed by atoms with Gasteiger partial charge in [-0.05, 0) is 26.8 Å². The van der Waals surface area contributed by atoms with Gasteiger partial charge in [0.25, 0.3) is 0 Å². The van der Waals surface area contributed by atoms with Crippen molar-refractivity contribution in [2.75, 3.05) is 13.6 Å². The van der Waals surface area contributed by atoms with Crippen molar-refractivity contribution in [3.05, 3.63) is 0 Å². The molecule has 0 amide bonds. The van der Waals surface area contributed by atoms with E-state index >= 15 is 0 Å². The number of nitrogens with one attached hydrogen (secondary N) is 1. The molecule has 0 aromatic rings. The average Bonchev–Trinajstić information content (AvgIpc) is 2.14. The molecule has 1 rings (SSSR count). The zero-order chi connectivity index (χ0) is 5.98. The summed E-state index contributed by atoms with van der Waals surface area (Å²) < 4.78 is 0. The van der Waals surface area contributed by atoms with Gasteiger partial charge in [-0.15, -0.1) is 0 Å². The molecule has 8 heavy (non-hydrogen) atoms. The molecule has 1 aliphatic rings. The number of hydrogen-bond acceptors (Lipinski definition) is 2. The molecule has 0 spiro atoms. The van der Waals surface area contributed by atoms with Gasteiger partial charge >= 0.3 is 0 Å². The Hall–Kier alpha value is -0.0800. The lowest BCUT2D eigenvalue weighted by Gasteiger charge is -2.18. The summed E-state index contributed by atoms with van der Waals surface area (Å²) in [5, 5.41) is 2.28.